The van der Waals surface area contributed by atoms with Gasteiger partial charge in [0.25, 0.3) is 5.91 Å². The van der Waals surface area contributed by atoms with Gasteiger partial charge in [-0.05, 0) is 24.6 Å². The Morgan fingerprint density at radius 1 is 1.50 bits per heavy atom. The van der Waals surface area contributed by atoms with Gasteiger partial charge in [0.1, 0.15) is 5.82 Å². The lowest BCUT2D eigenvalue weighted by Crippen LogP contribution is -2.20. The number of carbonyl (C=O) groups is 1. The lowest BCUT2D eigenvalue weighted by Gasteiger charge is -2.05. The summed E-state index contributed by atoms with van der Waals surface area (Å²) in [6.07, 6.45) is 4.27. The second kappa shape index (κ2) is 6.70. The minimum Gasteiger partial charge on any atom is -0.480 e. The molecular formula is C14H16FN3O2. The van der Waals surface area contributed by atoms with Gasteiger partial charge < -0.3 is 10.1 Å². The molecule has 0 spiro atoms. The SMILES string of the molecule is CCCn1cc(OCC(=O)Nc2cccc(F)c2)cn1. The standard InChI is InChI=1S/C14H16FN3O2/c1-2-6-18-9-13(8-16-18)20-10-14(19)17-12-5-3-4-11(15)7-12/h3-5,7-9H,2,6,10H2,1H3,(H,17,19). The second-order valence-corrected chi connectivity index (χ2v) is 4.29. The molecule has 0 aliphatic carbocycles. The predicted octanol–water partition coefficient (Wildman–Crippen LogP) is 2.45. The van der Waals surface area contributed by atoms with Crippen LogP contribution in [0.25, 0.3) is 0 Å². The average molecular weight is 277 g/mol. The van der Waals surface area contributed by atoms with Gasteiger partial charge in [-0.1, -0.05) is 13.0 Å². The lowest BCUT2D eigenvalue weighted by atomic mass is 10.3. The number of nitrogens with zero attached hydrogens (tertiary/aromatic N) is 2. The summed E-state index contributed by atoms with van der Waals surface area (Å²) in [5.41, 5.74) is 0.403. The Kier molecular flexibility index (Phi) is 4.70. The van der Waals surface area contributed by atoms with E-state index < -0.39 is 5.82 Å². The minimum atomic E-state index is -0.399. The van der Waals surface area contributed by atoms with Gasteiger partial charge >= 0.3 is 0 Å². The fraction of sp³-hybridized carbons (Fsp3) is 0.286. The van der Waals surface area contributed by atoms with Gasteiger partial charge in [0.15, 0.2) is 12.4 Å². The molecule has 106 valence electrons. The number of rotatable bonds is 6. The number of carbonyl (C=O) groups excluding carboxylic acids is 1. The normalized spacial score (nSPS) is 10.3. The fourth-order valence-corrected chi connectivity index (χ4v) is 1.68. The van der Waals surface area contributed by atoms with E-state index in [9.17, 15) is 9.18 Å². The van der Waals surface area contributed by atoms with Gasteiger partial charge in [-0.25, -0.2) is 4.39 Å². The van der Waals surface area contributed by atoms with Crippen molar-refractivity contribution in [2.45, 2.75) is 19.9 Å². The van der Waals surface area contributed by atoms with Crippen LogP contribution in [0.3, 0.4) is 0 Å². The molecule has 0 aliphatic rings. The van der Waals surface area contributed by atoms with Gasteiger partial charge in [0.05, 0.1) is 12.4 Å². The first-order valence-electron chi connectivity index (χ1n) is 6.38. The van der Waals surface area contributed by atoms with E-state index >= 15 is 0 Å². The molecule has 1 aromatic heterocycles. The molecule has 0 saturated heterocycles. The summed E-state index contributed by atoms with van der Waals surface area (Å²) in [4.78, 5) is 11.6. The van der Waals surface area contributed by atoms with E-state index in [-0.39, 0.29) is 12.5 Å². The number of hydrogen-bond donors (Lipinski definition) is 1. The zero-order valence-electron chi connectivity index (χ0n) is 11.2. The maximum absolute atomic E-state index is 13.0. The van der Waals surface area contributed by atoms with Crippen LogP contribution in [-0.4, -0.2) is 22.3 Å². The zero-order valence-corrected chi connectivity index (χ0v) is 11.2. The third kappa shape index (κ3) is 4.08. The molecular weight excluding hydrogens is 261 g/mol. The summed E-state index contributed by atoms with van der Waals surface area (Å²) in [5, 5.41) is 6.64. The Morgan fingerprint density at radius 3 is 3.10 bits per heavy atom. The molecule has 0 radical (unpaired) electrons. The first kappa shape index (κ1) is 14.0. The smallest absolute Gasteiger partial charge is 0.262 e. The van der Waals surface area contributed by atoms with Crippen molar-refractivity contribution in [2.24, 2.45) is 0 Å². The number of benzene rings is 1. The van der Waals surface area contributed by atoms with Crippen LogP contribution < -0.4 is 10.1 Å². The van der Waals surface area contributed by atoms with Crippen molar-refractivity contribution < 1.29 is 13.9 Å². The molecule has 20 heavy (non-hydrogen) atoms. The second-order valence-electron chi connectivity index (χ2n) is 4.29. The molecule has 0 saturated carbocycles. The highest BCUT2D eigenvalue weighted by atomic mass is 19.1. The zero-order chi connectivity index (χ0) is 14.4. The van der Waals surface area contributed by atoms with Crippen molar-refractivity contribution in [3.05, 3.63) is 42.5 Å². The fourth-order valence-electron chi connectivity index (χ4n) is 1.68. The number of aryl methyl sites for hydroxylation is 1. The van der Waals surface area contributed by atoms with Crippen LogP contribution in [0, 0.1) is 5.82 Å². The Bertz CT molecular complexity index is 583. The molecule has 1 N–H and O–H groups in total. The van der Waals surface area contributed by atoms with Crippen LogP contribution in [0.5, 0.6) is 5.75 Å². The maximum atomic E-state index is 13.0. The molecule has 2 rings (SSSR count). The molecule has 0 aliphatic heterocycles. The maximum Gasteiger partial charge on any atom is 0.262 e. The van der Waals surface area contributed by atoms with Crippen molar-refractivity contribution in [1.82, 2.24) is 9.78 Å². The average Bonchev–Trinajstić information content (AvgIpc) is 2.85. The Balaban J connectivity index is 1.82. The van der Waals surface area contributed by atoms with Crippen LogP contribution in [-0.2, 0) is 11.3 Å². The summed E-state index contributed by atoms with van der Waals surface area (Å²) in [6, 6.07) is 5.70. The Morgan fingerprint density at radius 2 is 2.35 bits per heavy atom. The van der Waals surface area contributed by atoms with Gasteiger partial charge in [-0.3, -0.25) is 9.48 Å². The van der Waals surface area contributed by atoms with Crippen molar-refractivity contribution in [3.63, 3.8) is 0 Å². The van der Waals surface area contributed by atoms with E-state index in [1.807, 2.05) is 0 Å². The van der Waals surface area contributed by atoms with Crippen molar-refractivity contribution in [3.8, 4) is 5.75 Å². The number of ether oxygens (including phenoxy) is 1. The molecule has 5 nitrogen and oxygen atoms in total. The Labute approximate surface area is 116 Å². The van der Waals surface area contributed by atoms with E-state index in [4.69, 9.17) is 4.74 Å². The molecule has 2 aromatic rings. The van der Waals surface area contributed by atoms with E-state index in [1.54, 1.807) is 23.1 Å². The van der Waals surface area contributed by atoms with Gasteiger partial charge in [0, 0.05) is 12.2 Å². The highest BCUT2D eigenvalue weighted by Crippen LogP contribution is 2.10. The molecule has 1 aromatic carbocycles. The molecule has 0 unspecified atom stereocenters. The lowest BCUT2D eigenvalue weighted by molar-refractivity contribution is -0.118. The van der Waals surface area contributed by atoms with Gasteiger partial charge in [0.2, 0.25) is 0 Å². The first-order chi connectivity index (χ1) is 9.67. The van der Waals surface area contributed by atoms with Crippen LogP contribution in [0.4, 0.5) is 10.1 Å². The predicted molar refractivity (Wildman–Crippen MR) is 73.0 cm³/mol. The Hall–Kier alpha value is -2.37. The topological polar surface area (TPSA) is 56.1 Å². The molecule has 0 bridgehead atoms. The molecule has 1 heterocycles. The number of amides is 1. The summed E-state index contributed by atoms with van der Waals surface area (Å²) >= 11 is 0. The van der Waals surface area contributed by atoms with Crippen molar-refractivity contribution in [2.75, 3.05) is 11.9 Å². The highest BCUT2D eigenvalue weighted by Gasteiger charge is 2.05. The summed E-state index contributed by atoms with van der Waals surface area (Å²) in [7, 11) is 0. The van der Waals surface area contributed by atoms with E-state index in [2.05, 4.69) is 17.3 Å². The molecule has 6 heteroatoms. The van der Waals surface area contributed by atoms with E-state index in [0.717, 1.165) is 13.0 Å². The van der Waals surface area contributed by atoms with Gasteiger partial charge in [-0.2, -0.15) is 5.10 Å². The van der Waals surface area contributed by atoms with Crippen molar-refractivity contribution >= 4 is 11.6 Å². The number of hydrogen-bond acceptors (Lipinski definition) is 3. The number of aromatic nitrogens is 2. The quantitative estimate of drug-likeness (QED) is 0.882. The minimum absolute atomic E-state index is 0.145. The first-order valence-corrected chi connectivity index (χ1v) is 6.38. The summed E-state index contributed by atoms with van der Waals surface area (Å²) in [6.45, 7) is 2.71. The van der Waals surface area contributed by atoms with E-state index in [1.165, 1.54) is 18.2 Å². The van der Waals surface area contributed by atoms with E-state index in [0.29, 0.717) is 11.4 Å². The van der Waals surface area contributed by atoms with Crippen LogP contribution >= 0.6 is 0 Å². The molecule has 1 amide bonds. The molecule has 0 atom stereocenters. The third-order valence-electron chi connectivity index (χ3n) is 2.54. The van der Waals surface area contributed by atoms with Crippen LogP contribution in [0.2, 0.25) is 0 Å². The van der Waals surface area contributed by atoms with Crippen LogP contribution in [0.15, 0.2) is 36.7 Å². The van der Waals surface area contributed by atoms with Gasteiger partial charge in [-0.15, -0.1) is 0 Å². The number of anilines is 1. The third-order valence-corrected chi connectivity index (χ3v) is 2.54. The number of halogens is 1. The molecule has 0 fully saturated rings. The summed E-state index contributed by atoms with van der Waals surface area (Å²) < 4.78 is 20.0. The highest BCUT2D eigenvalue weighted by molar-refractivity contribution is 5.91. The van der Waals surface area contributed by atoms with Crippen molar-refractivity contribution in [1.29, 1.82) is 0 Å². The summed E-state index contributed by atoms with van der Waals surface area (Å²) in [5.74, 6) is -0.212. The van der Waals surface area contributed by atoms with Crippen LogP contribution in [0.1, 0.15) is 13.3 Å². The monoisotopic (exact) mass is 277 g/mol. The largest absolute Gasteiger partial charge is 0.480 e. The number of nitrogens with one attached hydrogen (secondary N) is 1.